The van der Waals surface area contributed by atoms with Crippen LogP contribution in [0.15, 0.2) is 18.2 Å². The van der Waals surface area contributed by atoms with Gasteiger partial charge in [0.25, 0.3) is 0 Å². The van der Waals surface area contributed by atoms with Gasteiger partial charge in [0.05, 0.1) is 6.10 Å². The Kier molecular flexibility index (Phi) is 4.02. The standard InChI is InChI=1S/C15H21NO2/c1-3-4-5-15(18)12-6-7-13-9-16(11(2)17)10-14(13)8-12/h6-8,15,18H,3-5,9-10H2,1-2H3. The van der Waals surface area contributed by atoms with Gasteiger partial charge in [-0.25, -0.2) is 0 Å². The van der Waals surface area contributed by atoms with Crippen LogP contribution < -0.4 is 0 Å². The Morgan fingerprint density at radius 3 is 2.78 bits per heavy atom. The maximum absolute atomic E-state index is 11.4. The van der Waals surface area contributed by atoms with Crippen LogP contribution in [-0.4, -0.2) is 15.9 Å². The van der Waals surface area contributed by atoms with E-state index in [0.29, 0.717) is 13.1 Å². The van der Waals surface area contributed by atoms with Crippen LogP contribution in [0, 0.1) is 0 Å². The van der Waals surface area contributed by atoms with Crippen LogP contribution in [0.25, 0.3) is 0 Å². The quantitative estimate of drug-likeness (QED) is 0.888. The summed E-state index contributed by atoms with van der Waals surface area (Å²) in [5, 5.41) is 10.1. The lowest BCUT2D eigenvalue weighted by molar-refractivity contribution is -0.129. The second kappa shape index (κ2) is 5.53. The van der Waals surface area contributed by atoms with Gasteiger partial charge in [-0.3, -0.25) is 4.79 Å². The zero-order valence-electron chi connectivity index (χ0n) is 11.1. The summed E-state index contributed by atoms with van der Waals surface area (Å²) in [6.07, 6.45) is 2.57. The topological polar surface area (TPSA) is 40.5 Å². The molecule has 1 heterocycles. The van der Waals surface area contributed by atoms with E-state index in [9.17, 15) is 9.90 Å². The predicted octanol–water partition coefficient (Wildman–Crippen LogP) is 2.77. The average molecular weight is 247 g/mol. The zero-order valence-corrected chi connectivity index (χ0v) is 11.1. The van der Waals surface area contributed by atoms with Crippen LogP contribution in [-0.2, 0) is 17.9 Å². The molecule has 3 heteroatoms. The lowest BCUT2D eigenvalue weighted by atomic mass is 10.00. The molecule has 0 saturated heterocycles. The number of carbonyl (C=O) groups is 1. The van der Waals surface area contributed by atoms with E-state index in [-0.39, 0.29) is 12.0 Å². The normalized spacial score (nSPS) is 15.6. The highest BCUT2D eigenvalue weighted by molar-refractivity contribution is 5.74. The first-order valence-corrected chi connectivity index (χ1v) is 6.67. The van der Waals surface area contributed by atoms with Crippen molar-refractivity contribution in [1.82, 2.24) is 4.90 Å². The summed E-state index contributed by atoms with van der Waals surface area (Å²) in [6, 6.07) is 6.09. The van der Waals surface area contributed by atoms with Gasteiger partial charge in [-0.2, -0.15) is 0 Å². The highest BCUT2D eigenvalue weighted by atomic mass is 16.3. The molecule has 1 N–H and O–H groups in total. The summed E-state index contributed by atoms with van der Waals surface area (Å²) in [4.78, 5) is 13.2. The molecule has 0 bridgehead atoms. The van der Waals surface area contributed by atoms with E-state index in [4.69, 9.17) is 0 Å². The molecule has 18 heavy (non-hydrogen) atoms. The first-order valence-electron chi connectivity index (χ1n) is 6.67. The Bertz CT molecular complexity index is 442. The minimum Gasteiger partial charge on any atom is -0.388 e. The molecule has 1 aromatic carbocycles. The lowest BCUT2D eigenvalue weighted by Crippen LogP contribution is -2.21. The molecule has 0 aromatic heterocycles. The van der Waals surface area contributed by atoms with Gasteiger partial charge in [-0.1, -0.05) is 38.0 Å². The second-order valence-corrected chi connectivity index (χ2v) is 5.06. The number of amides is 1. The van der Waals surface area contributed by atoms with Crippen LogP contribution in [0.5, 0.6) is 0 Å². The average Bonchev–Trinajstić information content (AvgIpc) is 2.78. The summed E-state index contributed by atoms with van der Waals surface area (Å²) >= 11 is 0. The Hall–Kier alpha value is -1.35. The zero-order chi connectivity index (χ0) is 13.1. The maximum Gasteiger partial charge on any atom is 0.220 e. The number of fused-ring (bicyclic) bond motifs is 1. The molecule has 0 radical (unpaired) electrons. The van der Waals surface area contributed by atoms with Gasteiger partial charge >= 0.3 is 0 Å². The van der Waals surface area contributed by atoms with Gasteiger partial charge < -0.3 is 10.0 Å². The molecule has 1 aliphatic rings. The number of benzene rings is 1. The van der Waals surface area contributed by atoms with Crippen molar-refractivity contribution < 1.29 is 9.90 Å². The molecule has 1 unspecified atom stereocenters. The summed E-state index contributed by atoms with van der Waals surface area (Å²) in [7, 11) is 0. The number of nitrogens with zero attached hydrogens (tertiary/aromatic N) is 1. The number of aliphatic hydroxyl groups excluding tert-OH is 1. The Morgan fingerprint density at radius 1 is 1.39 bits per heavy atom. The Labute approximate surface area is 108 Å². The molecule has 98 valence electrons. The van der Waals surface area contributed by atoms with Crippen molar-refractivity contribution in [2.75, 3.05) is 0 Å². The van der Waals surface area contributed by atoms with E-state index in [0.717, 1.165) is 24.8 Å². The van der Waals surface area contributed by atoms with Crippen LogP contribution in [0.4, 0.5) is 0 Å². The third-order valence-electron chi connectivity index (χ3n) is 3.61. The fraction of sp³-hybridized carbons (Fsp3) is 0.533. The minimum atomic E-state index is -0.373. The highest BCUT2D eigenvalue weighted by Gasteiger charge is 2.21. The monoisotopic (exact) mass is 247 g/mol. The molecule has 3 nitrogen and oxygen atoms in total. The second-order valence-electron chi connectivity index (χ2n) is 5.06. The van der Waals surface area contributed by atoms with E-state index in [2.05, 4.69) is 13.0 Å². The van der Waals surface area contributed by atoms with E-state index in [1.807, 2.05) is 17.0 Å². The predicted molar refractivity (Wildman–Crippen MR) is 70.9 cm³/mol. The van der Waals surface area contributed by atoms with Crippen molar-refractivity contribution in [2.45, 2.75) is 52.3 Å². The molecule has 0 aliphatic carbocycles. The molecule has 1 atom stereocenters. The molecule has 0 saturated carbocycles. The number of hydrogen-bond donors (Lipinski definition) is 1. The van der Waals surface area contributed by atoms with Crippen molar-refractivity contribution in [3.8, 4) is 0 Å². The number of unbranched alkanes of at least 4 members (excludes halogenated alkanes) is 1. The molecule has 1 aromatic rings. The van der Waals surface area contributed by atoms with Crippen molar-refractivity contribution in [1.29, 1.82) is 0 Å². The van der Waals surface area contributed by atoms with Gasteiger partial charge in [0.15, 0.2) is 0 Å². The van der Waals surface area contributed by atoms with Gasteiger partial charge in [0.2, 0.25) is 5.91 Å². The summed E-state index contributed by atoms with van der Waals surface area (Å²) < 4.78 is 0. The molecule has 0 spiro atoms. The number of rotatable bonds is 4. The SMILES string of the molecule is CCCCC(O)c1ccc2c(c1)CN(C(C)=O)C2. The summed E-state index contributed by atoms with van der Waals surface area (Å²) in [6.45, 7) is 5.11. The summed E-state index contributed by atoms with van der Waals surface area (Å²) in [5.41, 5.74) is 3.36. The van der Waals surface area contributed by atoms with E-state index < -0.39 is 0 Å². The molecule has 2 rings (SSSR count). The largest absolute Gasteiger partial charge is 0.388 e. The van der Waals surface area contributed by atoms with Crippen molar-refractivity contribution in [3.05, 3.63) is 34.9 Å². The fourth-order valence-corrected chi connectivity index (χ4v) is 2.41. The summed E-state index contributed by atoms with van der Waals surface area (Å²) in [5.74, 6) is 0.110. The molecular formula is C15H21NO2. The van der Waals surface area contributed by atoms with Gasteiger partial charge in [-0.15, -0.1) is 0 Å². The number of aliphatic hydroxyl groups is 1. The van der Waals surface area contributed by atoms with E-state index >= 15 is 0 Å². The van der Waals surface area contributed by atoms with Crippen LogP contribution in [0.3, 0.4) is 0 Å². The molecule has 0 fully saturated rings. The van der Waals surface area contributed by atoms with Gasteiger partial charge in [0.1, 0.15) is 0 Å². The number of hydrogen-bond acceptors (Lipinski definition) is 2. The Balaban J connectivity index is 2.10. The molecular weight excluding hydrogens is 226 g/mol. The van der Waals surface area contributed by atoms with Crippen LogP contribution in [0.1, 0.15) is 55.9 Å². The van der Waals surface area contributed by atoms with Crippen molar-refractivity contribution in [3.63, 3.8) is 0 Å². The van der Waals surface area contributed by atoms with Crippen molar-refractivity contribution >= 4 is 5.91 Å². The van der Waals surface area contributed by atoms with Crippen LogP contribution in [0.2, 0.25) is 0 Å². The van der Waals surface area contributed by atoms with Gasteiger partial charge in [0, 0.05) is 20.0 Å². The fourth-order valence-electron chi connectivity index (χ4n) is 2.41. The highest BCUT2D eigenvalue weighted by Crippen LogP contribution is 2.27. The third-order valence-corrected chi connectivity index (χ3v) is 3.61. The van der Waals surface area contributed by atoms with E-state index in [1.165, 1.54) is 11.1 Å². The molecule has 1 amide bonds. The van der Waals surface area contributed by atoms with E-state index in [1.54, 1.807) is 6.92 Å². The maximum atomic E-state index is 11.4. The smallest absolute Gasteiger partial charge is 0.220 e. The first-order chi connectivity index (χ1) is 8.61. The lowest BCUT2D eigenvalue weighted by Gasteiger charge is -2.12. The first kappa shape index (κ1) is 13.1. The van der Waals surface area contributed by atoms with Crippen molar-refractivity contribution in [2.24, 2.45) is 0 Å². The van der Waals surface area contributed by atoms with Crippen LogP contribution >= 0.6 is 0 Å². The Morgan fingerprint density at radius 2 is 2.11 bits per heavy atom. The molecule has 1 aliphatic heterocycles. The minimum absolute atomic E-state index is 0.110. The number of carbonyl (C=O) groups excluding carboxylic acids is 1. The van der Waals surface area contributed by atoms with Gasteiger partial charge in [-0.05, 0) is 23.1 Å². The third kappa shape index (κ3) is 2.72.